The SMILES string of the molecule is Cc1ccc(N(c2ccccc2)c2ccc3c(c2)C2(c4ccccc4-3)c3ccccc3-c3c2ccc2c3oc3ccccc32)cc1. The molecule has 0 aliphatic heterocycles. The van der Waals surface area contributed by atoms with Crippen LogP contribution in [-0.2, 0) is 5.41 Å². The lowest BCUT2D eigenvalue weighted by atomic mass is 9.70. The highest BCUT2D eigenvalue weighted by Crippen LogP contribution is 2.64. The average molecular weight is 588 g/mol. The molecule has 1 aromatic heterocycles. The van der Waals surface area contributed by atoms with Gasteiger partial charge in [0.1, 0.15) is 11.2 Å². The quantitative estimate of drug-likeness (QED) is 0.204. The third-order valence-electron chi connectivity index (χ3n) is 10.1. The van der Waals surface area contributed by atoms with Gasteiger partial charge in [0, 0.05) is 33.4 Å². The summed E-state index contributed by atoms with van der Waals surface area (Å²) in [5.41, 5.74) is 16.3. The van der Waals surface area contributed by atoms with Gasteiger partial charge in [0.2, 0.25) is 0 Å². The molecule has 8 aromatic rings. The van der Waals surface area contributed by atoms with Crippen molar-refractivity contribution in [3.8, 4) is 22.3 Å². The second-order valence-electron chi connectivity index (χ2n) is 12.5. The highest BCUT2D eigenvalue weighted by molar-refractivity contribution is 6.13. The van der Waals surface area contributed by atoms with E-state index in [1.165, 1.54) is 50.1 Å². The van der Waals surface area contributed by atoms with Crippen molar-refractivity contribution in [2.24, 2.45) is 0 Å². The molecule has 2 nitrogen and oxygen atoms in total. The predicted octanol–water partition coefficient (Wildman–Crippen LogP) is 11.7. The van der Waals surface area contributed by atoms with Crippen molar-refractivity contribution in [2.45, 2.75) is 12.3 Å². The predicted molar refractivity (Wildman–Crippen MR) is 189 cm³/mol. The Morgan fingerprint density at radius 3 is 1.91 bits per heavy atom. The first-order valence-corrected chi connectivity index (χ1v) is 15.9. The molecular formula is C44H29NO. The second kappa shape index (κ2) is 9.32. The molecule has 7 aromatic carbocycles. The van der Waals surface area contributed by atoms with Crippen LogP contribution < -0.4 is 4.90 Å². The minimum Gasteiger partial charge on any atom is -0.455 e. The van der Waals surface area contributed by atoms with E-state index in [9.17, 15) is 0 Å². The van der Waals surface area contributed by atoms with Crippen molar-refractivity contribution in [3.05, 3.63) is 186 Å². The van der Waals surface area contributed by atoms with E-state index in [2.05, 4.69) is 170 Å². The first-order chi connectivity index (χ1) is 22.7. The maximum Gasteiger partial charge on any atom is 0.143 e. The fourth-order valence-electron chi connectivity index (χ4n) is 8.25. The normalized spacial score (nSPS) is 15.6. The Morgan fingerprint density at radius 2 is 1.09 bits per heavy atom. The highest BCUT2D eigenvalue weighted by atomic mass is 16.3. The third kappa shape index (κ3) is 3.25. The third-order valence-corrected chi connectivity index (χ3v) is 10.1. The molecule has 0 N–H and O–H groups in total. The van der Waals surface area contributed by atoms with Crippen LogP contribution in [0.1, 0.15) is 27.8 Å². The lowest BCUT2D eigenvalue weighted by Gasteiger charge is -2.32. The van der Waals surface area contributed by atoms with Gasteiger partial charge in [-0.05, 0) is 88.3 Å². The molecule has 10 rings (SSSR count). The number of hydrogen-bond acceptors (Lipinski definition) is 2. The highest BCUT2D eigenvalue weighted by Gasteiger charge is 2.52. The van der Waals surface area contributed by atoms with Crippen molar-refractivity contribution in [2.75, 3.05) is 4.90 Å². The number of fused-ring (bicyclic) bond motifs is 14. The molecule has 2 aliphatic rings. The van der Waals surface area contributed by atoms with Crippen molar-refractivity contribution in [3.63, 3.8) is 0 Å². The van der Waals surface area contributed by atoms with Gasteiger partial charge in [-0.15, -0.1) is 0 Å². The van der Waals surface area contributed by atoms with Crippen LogP contribution in [0, 0.1) is 6.92 Å². The first kappa shape index (κ1) is 25.5. The van der Waals surface area contributed by atoms with E-state index in [4.69, 9.17) is 4.42 Å². The van der Waals surface area contributed by atoms with Crippen LogP contribution >= 0.6 is 0 Å². The molecule has 1 atom stereocenters. The summed E-state index contributed by atoms with van der Waals surface area (Å²) in [5, 5.41) is 2.32. The van der Waals surface area contributed by atoms with E-state index in [0.29, 0.717) is 0 Å². The summed E-state index contributed by atoms with van der Waals surface area (Å²) in [7, 11) is 0. The monoisotopic (exact) mass is 587 g/mol. The molecule has 1 spiro atoms. The largest absolute Gasteiger partial charge is 0.455 e. The van der Waals surface area contributed by atoms with Gasteiger partial charge in [-0.25, -0.2) is 0 Å². The number of hydrogen-bond donors (Lipinski definition) is 0. The van der Waals surface area contributed by atoms with E-state index < -0.39 is 5.41 Å². The number of furan rings is 1. The van der Waals surface area contributed by atoms with Gasteiger partial charge >= 0.3 is 0 Å². The molecule has 0 saturated heterocycles. The Kier molecular flexibility index (Phi) is 5.16. The minimum atomic E-state index is -0.476. The van der Waals surface area contributed by atoms with E-state index in [-0.39, 0.29) is 0 Å². The number of nitrogens with zero attached hydrogens (tertiary/aromatic N) is 1. The lowest BCUT2D eigenvalue weighted by Crippen LogP contribution is -2.26. The molecule has 1 unspecified atom stereocenters. The number of benzene rings is 7. The standard InChI is InChI=1S/C44H29NO/c1-28-19-21-30(22-20-28)45(29-11-3-2-4-12-29)31-23-24-33-32-13-5-8-16-37(32)44(40(33)27-31)38-17-9-6-15-36(38)42-39(44)26-25-35-34-14-7-10-18-41(34)46-43(35)42/h2-27H,1H3. The molecule has 0 fully saturated rings. The summed E-state index contributed by atoms with van der Waals surface area (Å²) in [6, 6.07) is 57.6. The van der Waals surface area contributed by atoms with Gasteiger partial charge in [0.15, 0.2) is 0 Å². The molecule has 0 amide bonds. The number of anilines is 3. The molecule has 46 heavy (non-hydrogen) atoms. The minimum absolute atomic E-state index is 0.476. The summed E-state index contributed by atoms with van der Waals surface area (Å²) in [5.74, 6) is 0. The van der Waals surface area contributed by atoms with Gasteiger partial charge in [-0.3, -0.25) is 0 Å². The van der Waals surface area contributed by atoms with Crippen molar-refractivity contribution >= 4 is 39.0 Å². The van der Waals surface area contributed by atoms with E-state index in [0.717, 1.165) is 39.0 Å². The van der Waals surface area contributed by atoms with Gasteiger partial charge < -0.3 is 9.32 Å². The molecule has 2 heteroatoms. The zero-order valence-corrected chi connectivity index (χ0v) is 25.4. The summed E-state index contributed by atoms with van der Waals surface area (Å²) >= 11 is 0. The van der Waals surface area contributed by atoms with Gasteiger partial charge in [-0.2, -0.15) is 0 Å². The Labute approximate surface area is 267 Å². The molecule has 216 valence electrons. The molecular weight excluding hydrogens is 558 g/mol. The van der Waals surface area contributed by atoms with Crippen LogP contribution in [0.5, 0.6) is 0 Å². The second-order valence-corrected chi connectivity index (χ2v) is 12.5. The summed E-state index contributed by atoms with van der Waals surface area (Å²) in [6.45, 7) is 2.14. The van der Waals surface area contributed by atoms with Crippen molar-refractivity contribution in [1.29, 1.82) is 0 Å². The number of para-hydroxylation sites is 2. The zero-order chi connectivity index (χ0) is 30.4. The van der Waals surface area contributed by atoms with Gasteiger partial charge in [-0.1, -0.05) is 121 Å². The molecule has 0 bridgehead atoms. The Hall–Kier alpha value is -5.86. The maximum atomic E-state index is 6.71. The molecule has 0 saturated carbocycles. The topological polar surface area (TPSA) is 16.4 Å². The van der Waals surface area contributed by atoms with Crippen LogP contribution in [0.15, 0.2) is 162 Å². The molecule has 1 heterocycles. The average Bonchev–Trinajstić information content (AvgIpc) is 3.73. The fraction of sp³-hybridized carbons (Fsp3) is 0.0455. The van der Waals surface area contributed by atoms with Gasteiger partial charge in [0.05, 0.1) is 5.41 Å². The zero-order valence-electron chi connectivity index (χ0n) is 25.4. The van der Waals surface area contributed by atoms with Gasteiger partial charge in [0.25, 0.3) is 0 Å². The van der Waals surface area contributed by atoms with E-state index in [1.54, 1.807) is 0 Å². The lowest BCUT2D eigenvalue weighted by molar-refractivity contribution is 0.669. The maximum absolute atomic E-state index is 6.71. The smallest absolute Gasteiger partial charge is 0.143 e. The number of rotatable bonds is 3. The van der Waals surface area contributed by atoms with Crippen LogP contribution in [0.2, 0.25) is 0 Å². The van der Waals surface area contributed by atoms with Crippen LogP contribution in [0.3, 0.4) is 0 Å². The molecule has 0 radical (unpaired) electrons. The molecule has 2 aliphatic carbocycles. The van der Waals surface area contributed by atoms with E-state index >= 15 is 0 Å². The Bertz CT molecular complexity index is 2490. The van der Waals surface area contributed by atoms with Crippen LogP contribution in [0.4, 0.5) is 17.1 Å². The van der Waals surface area contributed by atoms with Crippen molar-refractivity contribution < 1.29 is 4.42 Å². The van der Waals surface area contributed by atoms with Crippen molar-refractivity contribution in [1.82, 2.24) is 0 Å². The Balaban J connectivity index is 1.31. The fourth-order valence-corrected chi connectivity index (χ4v) is 8.25. The van der Waals surface area contributed by atoms with Crippen LogP contribution in [-0.4, -0.2) is 0 Å². The Morgan fingerprint density at radius 1 is 0.457 bits per heavy atom. The summed E-state index contributed by atoms with van der Waals surface area (Å²) in [6.07, 6.45) is 0. The summed E-state index contributed by atoms with van der Waals surface area (Å²) < 4.78 is 6.71. The van der Waals surface area contributed by atoms with E-state index in [1.807, 2.05) is 0 Å². The van der Waals surface area contributed by atoms with Crippen LogP contribution in [0.25, 0.3) is 44.2 Å². The first-order valence-electron chi connectivity index (χ1n) is 15.9. The summed E-state index contributed by atoms with van der Waals surface area (Å²) in [4.78, 5) is 2.38. The number of aryl methyl sites for hydroxylation is 1.